The highest BCUT2D eigenvalue weighted by Crippen LogP contribution is 2.61. The first-order valence-corrected chi connectivity index (χ1v) is 12.1. The van der Waals surface area contributed by atoms with E-state index in [2.05, 4.69) is 17.2 Å². The van der Waals surface area contributed by atoms with Crippen molar-refractivity contribution in [1.82, 2.24) is 14.9 Å². The van der Waals surface area contributed by atoms with E-state index in [1.807, 2.05) is 0 Å². The SMILES string of the molecule is C[C@H](NC(=O)Cn1cnc2sc3c(c2c1=O)CCC3)C12CC3CC(CC(C3)C1)C2. The number of aryl methyl sites for hydroxylation is 2. The van der Waals surface area contributed by atoms with Gasteiger partial charge in [-0.3, -0.25) is 14.2 Å². The van der Waals surface area contributed by atoms with E-state index in [0.717, 1.165) is 47.2 Å². The summed E-state index contributed by atoms with van der Waals surface area (Å²) in [5.74, 6) is 2.56. The van der Waals surface area contributed by atoms with Crippen molar-refractivity contribution in [2.24, 2.45) is 23.2 Å². The third kappa shape index (κ3) is 2.82. The number of aromatic nitrogens is 2. The Balaban J connectivity index is 1.21. The summed E-state index contributed by atoms with van der Waals surface area (Å²) < 4.78 is 1.51. The zero-order valence-corrected chi connectivity index (χ0v) is 17.9. The minimum atomic E-state index is -0.0524. The number of hydrogen-bond donors (Lipinski definition) is 1. The predicted octanol–water partition coefficient (Wildman–Crippen LogP) is 3.67. The Morgan fingerprint density at radius 2 is 1.93 bits per heavy atom. The lowest BCUT2D eigenvalue weighted by molar-refractivity contribution is -0.126. The van der Waals surface area contributed by atoms with Crippen LogP contribution in [0.2, 0.25) is 0 Å². The molecule has 0 radical (unpaired) electrons. The molecule has 4 saturated carbocycles. The van der Waals surface area contributed by atoms with Crippen molar-refractivity contribution in [3.8, 4) is 0 Å². The lowest BCUT2D eigenvalue weighted by Gasteiger charge is -2.59. The summed E-state index contributed by atoms with van der Waals surface area (Å²) in [5.41, 5.74) is 1.41. The van der Waals surface area contributed by atoms with Crippen molar-refractivity contribution in [3.05, 3.63) is 27.1 Å². The number of hydrogen-bond acceptors (Lipinski definition) is 4. The van der Waals surface area contributed by atoms with Gasteiger partial charge in [-0.25, -0.2) is 4.98 Å². The lowest BCUT2D eigenvalue weighted by Crippen LogP contribution is -2.56. The van der Waals surface area contributed by atoms with E-state index in [0.29, 0.717) is 0 Å². The molecule has 1 N–H and O–H groups in total. The first kappa shape index (κ1) is 18.1. The fourth-order valence-electron chi connectivity index (χ4n) is 7.44. The van der Waals surface area contributed by atoms with Gasteiger partial charge in [0.15, 0.2) is 0 Å². The van der Waals surface area contributed by atoms with E-state index in [9.17, 15) is 9.59 Å². The van der Waals surface area contributed by atoms with Crippen LogP contribution < -0.4 is 10.9 Å². The van der Waals surface area contributed by atoms with Gasteiger partial charge < -0.3 is 5.32 Å². The van der Waals surface area contributed by atoms with Crippen molar-refractivity contribution >= 4 is 27.5 Å². The van der Waals surface area contributed by atoms with Gasteiger partial charge >= 0.3 is 0 Å². The highest BCUT2D eigenvalue weighted by molar-refractivity contribution is 7.18. The molecule has 29 heavy (non-hydrogen) atoms. The van der Waals surface area contributed by atoms with Crippen LogP contribution in [0.25, 0.3) is 10.2 Å². The highest BCUT2D eigenvalue weighted by atomic mass is 32.1. The molecule has 5 aliphatic rings. The van der Waals surface area contributed by atoms with Gasteiger partial charge in [0.25, 0.3) is 5.56 Å². The second kappa shape index (κ2) is 6.40. The smallest absolute Gasteiger partial charge is 0.262 e. The molecule has 2 aromatic rings. The molecule has 0 aliphatic heterocycles. The van der Waals surface area contributed by atoms with Gasteiger partial charge in [0.1, 0.15) is 11.4 Å². The van der Waals surface area contributed by atoms with E-state index in [1.54, 1.807) is 17.7 Å². The molecule has 0 saturated heterocycles. The summed E-state index contributed by atoms with van der Waals surface area (Å²) in [6.07, 6.45) is 12.7. The van der Waals surface area contributed by atoms with Crippen LogP contribution in [0.1, 0.15) is 62.3 Å². The summed E-state index contributed by atoms with van der Waals surface area (Å²) in [4.78, 5) is 32.6. The third-order valence-electron chi connectivity index (χ3n) is 8.39. The number of amides is 1. The molecule has 2 aromatic heterocycles. The first-order valence-electron chi connectivity index (χ1n) is 11.3. The fraction of sp³-hybridized carbons (Fsp3) is 0.696. The van der Waals surface area contributed by atoms with Crippen molar-refractivity contribution < 1.29 is 4.79 Å². The van der Waals surface area contributed by atoms with Gasteiger partial charge in [-0.2, -0.15) is 0 Å². The van der Waals surface area contributed by atoms with E-state index in [4.69, 9.17) is 0 Å². The Morgan fingerprint density at radius 1 is 1.24 bits per heavy atom. The van der Waals surface area contributed by atoms with Gasteiger partial charge in [-0.05, 0) is 93.4 Å². The average Bonchev–Trinajstić information content (AvgIpc) is 3.24. The number of nitrogens with zero attached hydrogens (tertiary/aromatic N) is 2. The largest absolute Gasteiger partial charge is 0.352 e. The normalized spacial score (nSPS) is 33.2. The van der Waals surface area contributed by atoms with Crippen molar-refractivity contribution in [3.63, 3.8) is 0 Å². The topological polar surface area (TPSA) is 64.0 Å². The number of rotatable bonds is 4. The Bertz CT molecular complexity index is 1020. The Morgan fingerprint density at radius 3 is 2.62 bits per heavy atom. The molecule has 0 spiro atoms. The van der Waals surface area contributed by atoms with E-state index < -0.39 is 0 Å². The fourth-order valence-corrected chi connectivity index (χ4v) is 8.65. The van der Waals surface area contributed by atoms with Crippen molar-refractivity contribution in [2.75, 3.05) is 0 Å². The monoisotopic (exact) mass is 411 g/mol. The van der Waals surface area contributed by atoms with E-state index >= 15 is 0 Å². The molecule has 5 nitrogen and oxygen atoms in total. The molecule has 4 fully saturated rings. The molecule has 1 amide bonds. The number of fused-ring (bicyclic) bond motifs is 3. The van der Waals surface area contributed by atoms with Crippen LogP contribution in [0.3, 0.4) is 0 Å². The van der Waals surface area contributed by atoms with E-state index in [1.165, 1.54) is 53.5 Å². The second-order valence-corrected chi connectivity index (χ2v) is 11.4. The summed E-state index contributed by atoms with van der Waals surface area (Å²) >= 11 is 1.65. The molecular weight excluding hydrogens is 382 g/mol. The molecule has 0 aromatic carbocycles. The summed E-state index contributed by atoms with van der Waals surface area (Å²) in [7, 11) is 0. The molecule has 2 heterocycles. The molecule has 154 valence electrons. The third-order valence-corrected chi connectivity index (χ3v) is 9.59. The Hall–Kier alpha value is -1.69. The zero-order valence-electron chi connectivity index (χ0n) is 17.1. The second-order valence-electron chi connectivity index (χ2n) is 10.3. The van der Waals surface area contributed by atoms with Gasteiger partial charge in [-0.1, -0.05) is 0 Å². The quantitative estimate of drug-likeness (QED) is 0.835. The molecule has 7 rings (SSSR count). The standard InChI is InChI=1S/C23H29N3O2S/c1-13(23-8-14-5-15(9-23)7-16(6-14)10-23)25-19(27)11-26-12-24-21-20(22(26)28)17-3-2-4-18(17)29-21/h12-16H,2-11H2,1H3,(H,25,27)/t13-,14?,15?,16?,23?/m0/s1. The molecular formula is C23H29N3O2S. The summed E-state index contributed by atoms with van der Waals surface area (Å²) in [5, 5.41) is 4.04. The maximum Gasteiger partial charge on any atom is 0.262 e. The molecule has 4 bridgehead atoms. The van der Waals surface area contributed by atoms with Crippen LogP contribution in [-0.2, 0) is 24.2 Å². The average molecular weight is 412 g/mol. The van der Waals surface area contributed by atoms with Crippen LogP contribution in [0, 0.1) is 23.2 Å². The Labute approximate surface area is 174 Å². The maximum atomic E-state index is 13.0. The van der Waals surface area contributed by atoms with Gasteiger partial charge in [-0.15, -0.1) is 11.3 Å². The summed E-state index contributed by atoms with van der Waals surface area (Å²) in [6, 6.07) is 0.182. The minimum absolute atomic E-state index is 0.0491. The minimum Gasteiger partial charge on any atom is -0.352 e. The van der Waals surface area contributed by atoms with Crippen LogP contribution in [0.5, 0.6) is 0 Å². The van der Waals surface area contributed by atoms with Gasteiger partial charge in [0, 0.05) is 10.9 Å². The van der Waals surface area contributed by atoms with Crippen molar-refractivity contribution in [2.45, 2.75) is 77.3 Å². The van der Waals surface area contributed by atoms with Gasteiger partial charge in [0.05, 0.1) is 11.7 Å². The van der Waals surface area contributed by atoms with Crippen LogP contribution >= 0.6 is 11.3 Å². The lowest BCUT2D eigenvalue weighted by atomic mass is 9.48. The highest BCUT2D eigenvalue weighted by Gasteiger charge is 2.53. The number of nitrogens with one attached hydrogen (secondary N) is 1. The number of carbonyl (C=O) groups is 1. The van der Waals surface area contributed by atoms with Crippen LogP contribution in [0.4, 0.5) is 0 Å². The van der Waals surface area contributed by atoms with Gasteiger partial charge in [0.2, 0.25) is 5.91 Å². The van der Waals surface area contributed by atoms with Crippen LogP contribution in [-0.4, -0.2) is 21.5 Å². The molecule has 0 unspecified atom stereocenters. The number of carbonyl (C=O) groups excluding carboxylic acids is 1. The molecule has 6 heteroatoms. The number of thiophene rings is 1. The zero-order chi connectivity index (χ0) is 19.8. The first-order chi connectivity index (χ1) is 14.0. The van der Waals surface area contributed by atoms with Crippen LogP contribution in [0.15, 0.2) is 11.1 Å². The Kier molecular flexibility index (Phi) is 4.00. The molecule has 1 atom stereocenters. The molecule has 5 aliphatic carbocycles. The maximum absolute atomic E-state index is 13.0. The van der Waals surface area contributed by atoms with Crippen molar-refractivity contribution in [1.29, 1.82) is 0 Å². The predicted molar refractivity (Wildman–Crippen MR) is 114 cm³/mol. The summed E-state index contributed by atoms with van der Waals surface area (Å²) in [6.45, 7) is 2.27. The van der Waals surface area contributed by atoms with E-state index in [-0.39, 0.29) is 29.5 Å².